The highest BCUT2D eigenvalue weighted by Gasteiger charge is 2.48. The lowest BCUT2D eigenvalue weighted by atomic mass is 9.95. The quantitative estimate of drug-likeness (QED) is 0.221. The maximum absolute atomic E-state index is 9.88. The lowest BCUT2D eigenvalue weighted by Gasteiger charge is -2.43. The Bertz CT molecular complexity index is 424. The first-order valence-corrected chi connectivity index (χ1v) is 7.67. The predicted molar refractivity (Wildman–Crippen MR) is 74.6 cm³/mol. The zero-order chi connectivity index (χ0) is 18.9. The minimum Gasteiger partial charge on any atom is -0.394 e. The Balaban J connectivity index is 1.99. The van der Waals surface area contributed by atoms with Crippen LogP contribution < -0.4 is 0 Å². The first kappa shape index (κ1) is 20.8. The van der Waals surface area contributed by atoms with Gasteiger partial charge in [0.25, 0.3) is 0 Å². The minimum atomic E-state index is -1.78. The summed E-state index contributed by atoms with van der Waals surface area (Å²) in [4.78, 5) is 0. The molecule has 0 saturated carbocycles. The zero-order valence-electron chi connectivity index (χ0n) is 13.0. The third-order valence-corrected chi connectivity index (χ3v) is 4.28. The average Bonchev–Trinajstić information content (AvgIpc) is 2.60. The van der Waals surface area contributed by atoms with Crippen LogP contribution in [0, 0.1) is 0 Å². The third kappa shape index (κ3) is 4.27. The van der Waals surface area contributed by atoms with E-state index < -0.39 is 80.7 Å². The van der Waals surface area contributed by atoms with Crippen LogP contribution in [-0.2, 0) is 14.2 Å². The summed E-state index contributed by atoms with van der Waals surface area (Å²) in [5.41, 5.74) is 0. The van der Waals surface area contributed by atoms with E-state index in [0.717, 1.165) is 0 Å². The Morgan fingerprint density at radius 2 is 1.36 bits per heavy atom. The molecule has 0 aliphatic carbocycles. The Morgan fingerprint density at radius 3 is 1.96 bits per heavy atom. The SMILES string of the molecule is OC[C@H](O)[C@H]1O[C@H](OC[C@H]2OC(O)[C@H](O)[C@@H](O)[C@@H]2O)[C@@H](O)[C@@H](O)[C@@H]1O. The molecule has 2 fully saturated rings. The fraction of sp³-hybridized carbons (Fsp3) is 1.00. The van der Waals surface area contributed by atoms with Crippen LogP contribution in [-0.4, -0.2) is 127 Å². The number of ether oxygens (including phenoxy) is 3. The Labute approximate surface area is 142 Å². The molecule has 2 aliphatic heterocycles. The maximum atomic E-state index is 9.88. The van der Waals surface area contributed by atoms with Crippen molar-refractivity contribution in [2.24, 2.45) is 0 Å². The van der Waals surface area contributed by atoms with Crippen molar-refractivity contribution in [1.82, 2.24) is 0 Å². The number of hydrogen-bond donors (Lipinski definition) is 9. The van der Waals surface area contributed by atoms with Gasteiger partial charge in [0.05, 0.1) is 13.2 Å². The van der Waals surface area contributed by atoms with Crippen molar-refractivity contribution in [2.75, 3.05) is 13.2 Å². The monoisotopic (exact) mass is 372 g/mol. The second kappa shape index (κ2) is 8.47. The van der Waals surface area contributed by atoms with Crippen LogP contribution >= 0.6 is 0 Å². The lowest BCUT2D eigenvalue weighted by molar-refractivity contribution is -0.331. The van der Waals surface area contributed by atoms with Gasteiger partial charge in [0.2, 0.25) is 0 Å². The van der Waals surface area contributed by atoms with Crippen molar-refractivity contribution >= 4 is 0 Å². The molecule has 2 heterocycles. The number of hydrogen-bond acceptors (Lipinski definition) is 12. The van der Waals surface area contributed by atoms with Crippen molar-refractivity contribution in [1.29, 1.82) is 0 Å². The van der Waals surface area contributed by atoms with Crippen LogP contribution in [0.4, 0.5) is 0 Å². The van der Waals surface area contributed by atoms with Gasteiger partial charge < -0.3 is 60.2 Å². The summed E-state index contributed by atoms with van der Waals surface area (Å²) in [5.74, 6) is 0. The molecular formula is C13H24O12. The second-order valence-corrected chi connectivity index (χ2v) is 6.06. The fourth-order valence-electron chi connectivity index (χ4n) is 2.69. The molecule has 25 heavy (non-hydrogen) atoms. The normalized spacial score (nSPS) is 49.8. The Kier molecular flexibility index (Phi) is 7.06. The number of aliphatic hydroxyl groups excluding tert-OH is 9. The molecule has 0 aromatic rings. The van der Waals surface area contributed by atoms with Crippen LogP contribution in [0.1, 0.15) is 0 Å². The summed E-state index contributed by atoms with van der Waals surface area (Å²) in [6, 6.07) is 0. The first-order chi connectivity index (χ1) is 11.7. The largest absolute Gasteiger partial charge is 0.394 e. The van der Waals surface area contributed by atoms with E-state index in [1.807, 2.05) is 0 Å². The van der Waals surface area contributed by atoms with Gasteiger partial charge >= 0.3 is 0 Å². The molecule has 0 bridgehead atoms. The van der Waals surface area contributed by atoms with Gasteiger partial charge in [-0.25, -0.2) is 0 Å². The zero-order valence-corrected chi connectivity index (χ0v) is 13.0. The molecule has 0 aromatic carbocycles. The van der Waals surface area contributed by atoms with Crippen molar-refractivity contribution in [2.45, 2.75) is 67.5 Å². The van der Waals surface area contributed by atoms with E-state index in [2.05, 4.69) is 0 Å². The van der Waals surface area contributed by atoms with E-state index in [-0.39, 0.29) is 0 Å². The Morgan fingerprint density at radius 1 is 0.760 bits per heavy atom. The predicted octanol–water partition coefficient (Wildman–Crippen LogP) is -6.04. The maximum Gasteiger partial charge on any atom is 0.186 e. The molecule has 9 N–H and O–H groups in total. The van der Waals surface area contributed by atoms with Gasteiger partial charge in [-0.05, 0) is 0 Å². The van der Waals surface area contributed by atoms with Crippen molar-refractivity contribution < 1.29 is 60.2 Å². The minimum absolute atomic E-state index is 0.533. The summed E-state index contributed by atoms with van der Waals surface area (Å²) in [5, 5.41) is 86.2. The molecule has 0 aromatic heterocycles. The molecule has 11 atom stereocenters. The van der Waals surface area contributed by atoms with E-state index in [9.17, 15) is 40.9 Å². The second-order valence-electron chi connectivity index (χ2n) is 6.06. The van der Waals surface area contributed by atoms with Crippen LogP contribution in [0.3, 0.4) is 0 Å². The van der Waals surface area contributed by atoms with E-state index >= 15 is 0 Å². The van der Waals surface area contributed by atoms with Crippen LogP contribution in [0.15, 0.2) is 0 Å². The average molecular weight is 372 g/mol. The molecule has 0 spiro atoms. The summed E-state index contributed by atoms with van der Waals surface area (Å²) >= 11 is 0. The highest BCUT2D eigenvalue weighted by molar-refractivity contribution is 4.93. The molecule has 12 heteroatoms. The summed E-state index contributed by atoms with van der Waals surface area (Å²) in [7, 11) is 0. The topological polar surface area (TPSA) is 210 Å². The van der Waals surface area contributed by atoms with Gasteiger partial charge in [-0.1, -0.05) is 0 Å². The molecule has 2 saturated heterocycles. The smallest absolute Gasteiger partial charge is 0.186 e. The highest BCUT2D eigenvalue weighted by atomic mass is 16.7. The molecular weight excluding hydrogens is 348 g/mol. The molecule has 2 rings (SSSR count). The van der Waals surface area contributed by atoms with Gasteiger partial charge in [-0.15, -0.1) is 0 Å². The standard InChI is InChI=1S/C13H24O12/c14-1-3(15)11-8(19)7(18)10(21)13(25-11)23-2-4-5(16)6(17)9(20)12(22)24-4/h3-22H,1-2H2/t3-,4+,5+,6-,7-,8-,9+,10-,11+,12?,13-/m0/s1. The van der Waals surface area contributed by atoms with Gasteiger partial charge in [-0.3, -0.25) is 0 Å². The van der Waals surface area contributed by atoms with Gasteiger partial charge in [0.1, 0.15) is 54.9 Å². The molecule has 2 aliphatic rings. The van der Waals surface area contributed by atoms with Crippen LogP contribution in [0.2, 0.25) is 0 Å². The number of aliphatic hydroxyl groups is 9. The van der Waals surface area contributed by atoms with E-state index in [1.165, 1.54) is 0 Å². The lowest BCUT2D eigenvalue weighted by Crippen LogP contribution is -2.63. The van der Waals surface area contributed by atoms with Crippen molar-refractivity contribution in [3.05, 3.63) is 0 Å². The highest BCUT2D eigenvalue weighted by Crippen LogP contribution is 2.26. The number of rotatable bonds is 5. The molecule has 0 amide bonds. The van der Waals surface area contributed by atoms with Gasteiger partial charge in [0, 0.05) is 0 Å². The molecule has 1 unspecified atom stereocenters. The summed E-state index contributed by atoms with van der Waals surface area (Å²) in [6.07, 6.45) is -17.9. The molecule has 0 radical (unpaired) electrons. The molecule has 12 nitrogen and oxygen atoms in total. The van der Waals surface area contributed by atoms with Crippen LogP contribution in [0.5, 0.6) is 0 Å². The van der Waals surface area contributed by atoms with E-state index in [1.54, 1.807) is 0 Å². The van der Waals surface area contributed by atoms with Crippen molar-refractivity contribution in [3.63, 3.8) is 0 Å². The van der Waals surface area contributed by atoms with Crippen molar-refractivity contribution in [3.8, 4) is 0 Å². The Hall–Kier alpha value is -0.480. The van der Waals surface area contributed by atoms with E-state index in [4.69, 9.17) is 19.3 Å². The summed E-state index contributed by atoms with van der Waals surface area (Å²) in [6.45, 7) is -1.31. The van der Waals surface area contributed by atoms with Gasteiger partial charge in [0.15, 0.2) is 12.6 Å². The van der Waals surface area contributed by atoms with E-state index in [0.29, 0.717) is 0 Å². The fourth-order valence-corrected chi connectivity index (χ4v) is 2.69. The summed E-state index contributed by atoms with van der Waals surface area (Å²) < 4.78 is 15.2. The van der Waals surface area contributed by atoms with Crippen LogP contribution in [0.25, 0.3) is 0 Å². The van der Waals surface area contributed by atoms with Gasteiger partial charge in [-0.2, -0.15) is 0 Å². The third-order valence-electron chi connectivity index (χ3n) is 4.28. The molecule has 148 valence electrons. The first-order valence-electron chi connectivity index (χ1n) is 7.67.